The lowest BCUT2D eigenvalue weighted by Gasteiger charge is -2.37. The van der Waals surface area contributed by atoms with Crippen molar-refractivity contribution in [2.75, 3.05) is 0 Å². The topological polar surface area (TPSA) is 53.4 Å². The highest BCUT2D eigenvalue weighted by Crippen LogP contribution is 2.46. The highest BCUT2D eigenvalue weighted by molar-refractivity contribution is 5.09. The predicted octanol–water partition coefficient (Wildman–Crippen LogP) is 7.20. The summed E-state index contributed by atoms with van der Waals surface area (Å²) in [5.74, 6) is 0. The molecule has 8 rings (SSSR count). The van der Waals surface area contributed by atoms with Crippen LogP contribution in [0.5, 0.6) is 0 Å². The molecule has 0 radical (unpaired) electrons. The molecule has 0 aliphatic carbocycles. The molecule has 8 saturated heterocycles. The van der Waals surface area contributed by atoms with E-state index in [1.54, 1.807) is 0 Å². The molecule has 0 aromatic carbocycles. The third kappa shape index (κ3) is 7.52. The van der Waals surface area contributed by atoms with E-state index in [9.17, 15) is 10.2 Å². The first kappa shape index (κ1) is 36.1. The normalized spacial score (nSPS) is 43.7. The van der Waals surface area contributed by atoms with Crippen LogP contribution in [0.15, 0.2) is 0 Å². The highest BCUT2D eigenvalue weighted by Gasteiger charge is 2.54. The molecule has 6 nitrogen and oxygen atoms in total. The molecular formula is C39H74N4O2. The van der Waals surface area contributed by atoms with Gasteiger partial charge in [-0.25, -0.2) is 0 Å². The molecule has 0 amide bonds. The van der Waals surface area contributed by atoms with Crippen LogP contribution in [0.3, 0.4) is 0 Å². The molecule has 8 aliphatic heterocycles. The summed E-state index contributed by atoms with van der Waals surface area (Å²) in [7, 11) is 0. The summed E-state index contributed by atoms with van der Waals surface area (Å²) in [6, 6.07) is 8.78. The van der Waals surface area contributed by atoms with Crippen LogP contribution >= 0.6 is 0 Å². The maximum atomic E-state index is 10.1. The lowest BCUT2D eigenvalue weighted by Crippen LogP contribution is -2.43. The molecule has 0 aromatic heterocycles. The summed E-state index contributed by atoms with van der Waals surface area (Å²) in [5, 5.41) is 20.1. The third-order valence-electron chi connectivity index (χ3n) is 13.5. The Bertz CT molecular complexity index is 871. The average Bonchev–Trinajstić information content (AvgIpc) is 3.80. The van der Waals surface area contributed by atoms with Crippen molar-refractivity contribution in [3.8, 4) is 0 Å². The van der Waals surface area contributed by atoms with E-state index in [1.165, 1.54) is 83.5 Å². The minimum absolute atomic E-state index is 0.410. The van der Waals surface area contributed by atoms with Crippen LogP contribution in [0.25, 0.3) is 0 Å². The van der Waals surface area contributed by atoms with E-state index in [4.69, 9.17) is 0 Å². The fourth-order valence-corrected chi connectivity index (χ4v) is 12.1. The number of aliphatic hydroxyl groups is 2. The fourth-order valence-electron chi connectivity index (χ4n) is 12.1. The molecular weight excluding hydrogens is 556 g/mol. The van der Waals surface area contributed by atoms with Gasteiger partial charge in [0.1, 0.15) is 0 Å². The smallest absolute Gasteiger partial charge is 0.0789 e. The number of hydrogen-bond donors (Lipinski definition) is 2. The zero-order chi connectivity index (χ0) is 32.8. The van der Waals surface area contributed by atoms with Crippen LogP contribution in [0.1, 0.15) is 166 Å². The minimum atomic E-state index is -0.410. The van der Waals surface area contributed by atoms with E-state index in [1.807, 2.05) is 13.8 Å². The average molecular weight is 631 g/mol. The number of rotatable bonds is 4. The van der Waals surface area contributed by atoms with E-state index in [2.05, 4.69) is 75.0 Å². The maximum absolute atomic E-state index is 10.1. The van der Waals surface area contributed by atoms with Crippen LogP contribution in [-0.4, -0.2) is 114 Å². The second-order valence-corrected chi connectivity index (χ2v) is 18.1. The van der Waals surface area contributed by atoms with Crippen molar-refractivity contribution in [2.24, 2.45) is 0 Å². The van der Waals surface area contributed by atoms with Crippen LogP contribution in [0, 0.1) is 0 Å². The molecule has 8 aliphatic rings. The van der Waals surface area contributed by atoms with Crippen LogP contribution < -0.4 is 0 Å². The van der Waals surface area contributed by atoms with Gasteiger partial charge in [0.05, 0.1) is 11.2 Å². The molecule has 8 heterocycles. The number of piperidine rings is 1. The van der Waals surface area contributed by atoms with Gasteiger partial charge in [0.15, 0.2) is 0 Å². The van der Waals surface area contributed by atoms with Crippen LogP contribution in [0.4, 0.5) is 0 Å². The first-order valence-corrected chi connectivity index (χ1v) is 19.7. The van der Waals surface area contributed by atoms with Crippen molar-refractivity contribution in [3.05, 3.63) is 0 Å². The first-order chi connectivity index (χ1) is 21.1. The van der Waals surface area contributed by atoms with E-state index >= 15 is 0 Å². The van der Waals surface area contributed by atoms with E-state index in [-0.39, 0.29) is 0 Å². The molecule has 8 unspecified atom stereocenters. The third-order valence-corrected chi connectivity index (χ3v) is 13.5. The van der Waals surface area contributed by atoms with Crippen LogP contribution in [-0.2, 0) is 0 Å². The Labute approximate surface area is 278 Å². The monoisotopic (exact) mass is 631 g/mol. The summed E-state index contributed by atoms with van der Waals surface area (Å²) in [6.45, 7) is 22.2. The molecule has 0 saturated carbocycles. The molecule has 45 heavy (non-hydrogen) atoms. The summed E-state index contributed by atoms with van der Waals surface area (Å²) >= 11 is 0. The van der Waals surface area contributed by atoms with Crippen molar-refractivity contribution in [1.82, 2.24) is 19.6 Å². The molecule has 8 fully saturated rings. The molecule has 262 valence electrons. The Hall–Kier alpha value is -0.240. The Kier molecular flexibility index (Phi) is 11.5. The van der Waals surface area contributed by atoms with Crippen molar-refractivity contribution in [3.63, 3.8) is 0 Å². The molecule has 6 heteroatoms. The van der Waals surface area contributed by atoms with Gasteiger partial charge in [-0.1, -0.05) is 6.42 Å². The van der Waals surface area contributed by atoms with Crippen molar-refractivity contribution in [2.45, 2.75) is 249 Å². The molecule has 8 atom stereocenters. The van der Waals surface area contributed by atoms with Gasteiger partial charge in [-0.2, -0.15) is 0 Å². The minimum Gasteiger partial charge on any atom is -0.388 e. The summed E-state index contributed by atoms with van der Waals surface area (Å²) in [5.41, 5.74) is -0.819. The second kappa shape index (κ2) is 14.3. The Morgan fingerprint density at radius 2 is 0.667 bits per heavy atom. The van der Waals surface area contributed by atoms with Crippen molar-refractivity contribution < 1.29 is 10.2 Å². The highest BCUT2D eigenvalue weighted by atomic mass is 16.3. The van der Waals surface area contributed by atoms with Crippen molar-refractivity contribution >= 4 is 0 Å². The second-order valence-electron chi connectivity index (χ2n) is 18.1. The molecule has 0 aromatic rings. The lowest BCUT2D eigenvalue weighted by molar-refractivity contribution is 0.0144. The van der Waals surface area contributed by atoms with Gasteiger partial charge in [0, 0.05) is 72.5 Å². The zero-order valence-electron chi connectivity index (χ0n) is 31.2. The number of fused-ring (bicyclic) bond motifs is 8. The lowest BCUT2D eigenvalue weighted by atomic mass is 9.86. The van der Waals surface area contributed by atoms with Gasteiger partial charge in [0.2, 0.25) is 0 Å². The van der Waals surface area contributed by atoms with E-state index in [0.29, 0.717) is 36.3 Å². The first-order valence-electron chi connectivity index (χ1n) is 19.7. The van der Waals surface area contributed by atoms with Crippen molar-refractivity contribution in [1.29, 1.82) is 0 Å². The SMILES string of the molecule is CC(C)N1C2CCC1C(C)(O)C2.CC(C)N1C2CCC1C(C)(O)C2.CC(C)N1C2CCC1CC2.CC(C)N1C2CCCC1CC2. The molecule has 0 spiro atoms. The van der Waals surface area contributed by atoms with Gasteiger partial charge in [-0.15, -0.1) is 0 Å². The number of hydrogen-bond acceptors (Lipinski definition) is 6. The Morgan fingerprint density at radius 1 is 0.400 bits per heavy atom. The Morgan fingerprint density at radius 3 is 0.844 bits per heavy atom. The van der Waals surface area contributed by atoms with E-state index in [0.717, 1.165) is 49.1 Å². The van der Waals surface area contributed by atoms with E-state index < -0.39 is 11.2 Å². The maximum Gasteiger partial charge on any atom is 0.0789 e. The standard InChI is InChI=1S/2C10H19NO.C10H19N.C9H17N/c2*1-7(2)11-8-4-5-9(11)10(3,12)6-8;1-8(2)11-9-4-3-5-10(11)7-6-9;1-7(2)10-8-3-4-9(10)6-5-8/h2*7-9,12H,4-6H2,1-3H3;8-10H,3-7H2,1-2H3;7-9H,3-6H2,1-2H3. The quantitative estimate of drug-likeness (QED) is 0.343. The molecule has 2 N–H and O–H groups in total. The van der Waals surface area contributed by atoms with Gasteiger partial charge >= 0.3 is 0 Å². The molecule has 8 bridgehead atoms. The van der Waals surface area contributed by atoms with Gasteiger partial charge < -0.3 is 10.2 Å². The van der Waals surface area contributed by atoms with Gasteiger partial charge in [0.25, 0.3) is 0 Å². The number of nitrogens with zero attached hydrogens (tertiary/aromatic N) is 4. The van der Waals surface area contributed by atoms with Crippen LogP contribution in [0.2, 0.25) is 0 Å². The van der Waals surface area contributed by atoms with Gasteiger partial charge in [-0.3, -0.25) is 19.6 Å². The largest absolute Gasteiger partial charge is 0.388 e. The zero-order valence-corrected chi connectivity index (χ0v) is 31.2. The fraction of sp³-hybridized carbons (Fsp3) is 1.00. The summed E-state index contributed by atoms with van der Waals surface area (Å²) < 4.78 is 0. The Balaban J connectivity index is 0.000000119. The predicted molar refractivity (Wildman–Crippen MR) is 189 cm³/mol. The summed E-state index contributed by atoms with van der Waals surface area (Å²) in [6.07, 6.45) is 20.2. The van der Waals surface area contributed by atoms with Gasteiger partial charge in [-0.05, 0) is 159 Å². The summed E-state index contributed by atoms with van der Waals surface area (Å²) in [4.78, 5) is 10.5.